The van der Waals surface area contributed by atoms with Crippen LogP contribution < -0.4 is 10.9 Å². The molecule has 0 saturated carbocycles. The van der Waals surface area contributed by atoms with Crippen LogP contribution in [-0.4, -0.2) is 32.8 Å². The summed E-state index contributed by atoms with van der Waals surface area (Å²) in [7, 11) is 0. The smallest absolute Gasteiger partial charge is 0.272 e. The topological polar surface area (TPSA) is 98.1 Å². The highest BCUT2D eigenvalue weighted by Crippen LogP contribution is 2.32. The SMILES string of the molecule is CCn1c(SCC(=O)Nc2cccc3c2C(=O)c2ccccc2C3=O)nc2ccsc2c1=O. The Balaban J connectivity index is 1.40. The van der Waals surface area contributed by atoms with E-state index in [0.717, 1.165) is 11.8 Å². The first-order chi connectivity index (χ1) is 16.0. The van der Waals surface area contributed by atoms with Crippen molar-refractivity contribution in [3.63, 3.8) is 0 Å². The predicted octanol–water partition coefficient (Wildman–Crippen LogP) is 3.98. The van der Waals surface area contributed by atoms with Gasteiger partial charge in [-0.05, 0) is 24.4 Å². The van der Waals surface area contributed by atoms with Crippen molar-refractivity contribution in [1.82, 2.24) is 9.55 Å². The summed E-state index contributed by atoms with van der Waals surface area (Å²) in [4.78, 5) is 55.9. The lowest BCUT2D eigenvalue weighted by molar-refractivity contribution is -0.113. The number of carbonyl (C=O) groups is 3. The molecule has 7 nitrogen and oxygen atoms in total. The van der Waals surface area contributed by atoms with Crippen LogP contribution >= 0.6 is 23.1 Å². The maximum atomic E-state index is 13.1. The summed E-state index contributed by atoms with van der Waals surface area (Å²) in [6.45, 7) is 2.29. The molecule has 5 rings (SSSR count). The molecular formula is C24H17N3O4S2. The molecule has 0 unspecified atom stereocenters. The number of nitrogens with zero attached hydrogens (tertiary/aromatic N) is 2. The zero-order valence-corrected chi connectivity index (χ0v) is 19.1. The predicted molar refractivity (Wildman–Crippen MR) is 129 cm³/mol. The van der Waals surface area contributed by atoms with Crippen molar-refractivity contribution in [2.45, 2.75) is 18.6 Å². The van der Waals surface area contributed by atoms with Crippen molar-refractivity contribution in [2.24, 2.45) is 0 Å². The third-order valence-electron chi connectivity index (χ3n) is 5.41. The van der Waals surface area contributed by atoms with E-state index in [1.165, 1.54) is 11.3 Å². The normalized spacial score (nSPS) is 12.5. The number of carbonyl (C=O) groups excluding carboxylic acids is 3. The highest BCUT2D eigenvalue weighted by molar-refractivity contribution is 7.99. The summed E-state index contributed by atoms with van der Waals surface area (Å²) in [6, 6.07) is 13.3. The lowest BCUT2D eigenvalue weighted by atomic mass is 9.83. The van der Waals surface area contributed by atoms with Crippen LogP contribution in [0, 0.1) is 0 Å². The van der Waals surface area contributed by atoms with Crippen molar-refractivity contribution in [3.05, 3.63) is 86.5 Å². The molecule has 0 radical (unpaired) electrons. The third-order valence-corrected chi connectivity index (χ3v) is 7.27. The molecule has 9 heteroatoms. The molecule has 0 bridgehead atoms. The van der Waals surface area contributed by atoms with Crippen LogP contribution in [0.3, 0.4) is 0 Å². The molecule has 0 spiro atoms. The first-order valence-electron chi connectivity index (χ1n) is 10.2. The number of rotatable bonds is 5. The number of hydrogen-bond donors (Lipinski definition) is 1. The summed E-state index contributed by atoms with van der Waals surface area (Å²) >= 11 is 2.49. The van der Waals surface area contributed by atoms with Gasteiger partial charge in [0.05, 0.1) is 22.5 Å². The number of benzene rings is 2. The van der Waals surface area contributed by atoms with Gasteiger partial charge in [-0.3, -0.25) is 23.7 Å². The van der Waals surface area contributed by atoms with Gasteiger partial charge in [-0.1, -0.05) is 48.2 Å². The summed E-state index contributed by atoms with van der Waals surface area (Å²) in [5.41, 5.74) is 1.93. The number of hydrogen-bond acceptors (Lipinski definition) is 7. The second kappa shape index (κ2) is 8.42. The molecule has 1 aliphatic carbocycles. The number of anilines is 1. The largest absolute Gasteiger partial charge is 0.325 e. The van der Waals surface area contributed by atoms with Crippen LogP contribution in [0.15, 0.2) is 63.9 Å². The molecular weight excluding hydrogens is 458 g/mol. The van der Waals surface area contributed by atoms with Gasteiger partial charge in [0.1, 0.15) is 4.70 Å². The van der Waals surface area contributed by atoms with Crippen LogP contribution in [0.4, 0.5) is 5.69 Å². The maximum Gasteiger partial charge on any atom is 0.272 e. The van der Waals surface area contributed by atoms with Gasteiger partial charge in [-0.25, -0.2) is 4.98 Å². The second-order valence-electron chi connectivity index (χ2n) is 7.35. The minimum Gasteiger partial charge on any atom is -0.325 e. The third kappa shape index (κ3) is 3.59. The molecule has 0 saturated heterocycles. The van der Waals surface area contributed by atoms with Crippen molar-refractivity contribution in [3.8, 4) is 0 Å². The molecule has 1 amide bonds. The van der Waals surface area contributed by atoms with Gasteiger partial charge < -0.3 is 5.32 Å². The van der Waals surface area contributed by atoms with E-state index in [-0.39, 0.29) is 39.9 Å². The minimum atomic E-state index is -0.366. The Bertz CT molecular complexity index is 1520. The molecule has 0 atom stereocenters. The Kier molecular flexibility index (Phi) is 5.43. The van der Waals surface area contributed by atoms with Crippen LogP contribution in [0.2, 0.25) is 0 Å². The van der Waals surface area contributed by atoms with Gasteiger partial charge >= 0.3 is 0 Å². The number of fused-ring (bicyclic) bond motifs is 3. The van der Waals surface area contributed by atoms with Crippen LogP contribution in [0.25, 0.3) is 10.2 Å². The van der Waals surface area contributed by atoms with Crippen LogP contribution in [0.5, 0.6) is 0 Å². The van der Waals surface area contributed by atoms with Crippen molar-refractivity contribution >= 4 is 56.5 Å². The quantitative estimate of drug-likeness (QED) is 0.305. The molecule has 2 aromatic carbocycles. The monoisotopic (exact) mass is 475 g/mol. The molecule has 2 aromatic heterocycles. The van der Waals surface area contributed by atoms with E-state index in [2.05, 4.69) is 10.3 Å². The minimum absolute atomic E-state index is 0.00945. The van der Waals surface area contributed by atoms with Crippen molar-refractivity contribution < 1.29 is 14.4 Å². The van der Waals surface area contributed by atoms with Crippen molar-refractivity contribution in [2.75, 3.05) is 11.1 Å². The first-order valence-corrected chi connectivity index (χ1v) is 12.1. The zero-order chi connectivity index (χ0) is 23.1. The number of amides is 1. The molecule has 1 aliphatic rings. The molecule has 1 N–H and O–H groups in total. The van der Waals surface area contributed by atoms with E-state index in [4.69, 9.17) is 0 Å². The van der Waals surface area contributed by atoms with E-state index in [1.807, 2.05) is 12.3 Å². The van der Waals surface area contributed by atoms with Gasteiger partial charge in [-0.2, -0.15) is 0 Å². The Labute approximate surface area is 196 Å². The number of thiophene rings is 1. The number of aromatic nitrogens is 2. The van der Waals surface area contributed by atoms with E-state index in [0.29, 0.717) is 38.7 Å². The number of thioether (sulfide) groups is 1. The standard InChI is InChI=1S/C24H17N3O4S2/c1-2-27-23(31)22-17(10-11-32-22)26-24(27)33-12-18(28)25-16-9-5-8-15-19(16)21(30)14-7-4-3-6-13(14)20(15)29/h3-11H,2,12H2,1H3,(H,25,28). The average molecular weight is 476 g/mol. The number of nitrogens with one attached hydrogen (secondary N) is 1. The zero-order valence-electron chi connectivity index (χ0n) is 17.5. The molecule has 2 heterocycles. The fourth-order valence-corrected chi connectivity index (χ4v) is 5.52. The van der Waals surface area contributed by atoms with Crippen LogP contribution in [0.1, 0.15) is 38.8 Å². The Hall–Kier alpha value is -3.56. The van der Waals surface area contributed by atoms with E-state index < -0.39 is 0 Å². The lowest BCUT2D eigenvalue weighted by Crippen LogP contribution is -2.25. The molecule has 0 fully saturated rings. The summed E-state index contributed by atoms with van der Waals surface area (Å²) in [6.07, 6.45) is 0. The van der Waals surface area contributed by atoms with Gasteiger partial charge in [0.2, 0.25) is 5.91 Å². The fraction of sp³-hybridized carbons (Fsp3) is 0.125. The highest BCUT2D eigenvalue weighted by atomic mass is 32.2. The van der Waals surface area contributed by atoms with Gasteiger partial charge in [0.15, 0.2) is 16.7 Å². The number of ketones is 2. The summed E-state index contributed by atoms with van der Waals surface area (Å²) in [5, 5.41) is 5.03. The second-order valence-corrected chi connectivity index (χ2v) is 9.21. The summed E-state index contributed by atoms with van der Waals surface area (Å²) in [5.74, 6) is -0.918. The maximum absolute atomic E-state index is 13.1. The molecule has 33 heavy (non-hydrogen) atoms. The summed E-state index contributed by atoms with van der Waals surface area (Å²) < 4.78 is 2.13. The van der Waals surface area contributed by atoms with E-state index in [1.54, 1.807) is 53.1 Å². The highest BCUT2D eigenvalue weighted by Gasteiger charge is 2.31. The van der Waals surface area contributed by atoms with Gasteiger partial charge in [-0.15, -0.1) is 11.3 Å². The first kappa shape index (κ1) is 21.3. The fourth-order valence-electron chi connectivity index (χ4n) is 3.88. The Morgan fingerprint density at radius 1 is 1.00 bits per heavy atom. The molecule has 4 aromatic rings. The van der Waals surface area contributed by atoms with E-state index in [9.17, 15) is 19.2 Å². The van der Waals surface area contributed by atoms with Crippen LogP contribution in [-0.2, 0) is 11.3 Å². The average Bonchev–Trinajstić information content (AvgIpc) is 3.30. The molecule has 164 valence electrons. The lowest BCUT2D eigenvalue weighted by Gasteiger charge is -2.20. The molecule has 0 aliphatic heterocycles. The Morgan fingerprint density at radius 3 is 2.48 bits per heavy atom. The van der Waals surface area contributed by atoms with Gasteiger partial charge in [0, 0.05) is 23.2 Å². The Morgan fingerprint density at radius 2 is 1.73 bits per heavy atom. The van der Waals surface area contributed by atoms with Crippen molar-refractivity contribution in [1.29, 1.82) is 0 Å². The van der Waals surface area contributed by atoms with Gasteiger partial charge in [0.25, 0.3) is 5.56 Å². The van der Waals surface area contributed by atoms with E-state index >= 15 is 0 Å².